The minimum Gasteiger partial charge on any atom is -0.487 e. The van der Waals surface area contributed by atoms with Crippen LogP contribution in [-0.2, 0) is 0 Å². The number of likely N-dealkylation sites (N-methyl/N-ethyl adjacent to an activating group) is 1. The summed E-state index contributed by atoms with van der Waals surface area (Å²) in [6.07, 6.45) is 0.120. The van der Waals surface area contributed by atoms with Crippen LogP contribution < -0.4 is 9.64 Å². The first-order valence-corrected chi connectivity index (χ1v) is 4.76. The van der Waals surface area contributed by atoms with E-state index in [9.17, 15) is 4.39 Å². The predicted molar refractivity (Wildman–Crippen MR) is 54.5 cm³/mol. The van der Waals surface area contributed by atoms with Crippen LogP contribution in [0.4, 0.5) is 10.1 Å². The first-order chi connectivity index (χ1) is 6.58. The van der Waals surface area contributed by atoms with Crippen molar-refractivity contribution < 1.29 is 9.13 Å². The summed E-state index contributed by atoms with van der Waals surface area (Å²) in [4.78, 5) is 2.09. The van der Waals surface area contributed by atoms with E-state index in [1.54, 1.807) is 6.92 Å². The molecular formula is C11H14FNO. The average molecular weight is 195 g/mol. The Hall–Kier alpha value is -1.25. The fourth-order valence-corrected chi connectivity index (χ4v) is 1.78. The highest BCUT2D eigenvalue weighted by molar-refractivity contribution is 5.61. The molecule has 1 unspecified atom stereocenters. The van der Waals surface area contributed by atoms with Crippen LogP contribution in [0.25, 0.3) is 0 Å². The van der Waals surface area contributed by atoms with Gasteiger partial charge in [-0.3, -0.25) is 0 Å². The zero-order valence-corrected chi connectivity index (χ0v) is 8.67. The lowest BCUT2D eigenvalue weighted by Gasteiger charge is -2.32. The van der Waals surface area contributed by atoms with Gasteiger partial charge in [-0.1, -0.05) is 0 Å². The van der Waals surface area contributed by atoms with Crippen molar-refractivity contribution >= 4 is 5.69 Å². The average Bonchev–Trinajstić information content (AvgIpc) is 2.08. The normalized spacial score (nSPS) is 20.3. The second-order valence-electron chi connectivity index (χ2n) is 3.88. The molecule has 0 spiro atoms. The van der Waals surface area contributed by atoms with Gasteiger partial charge >= 0.3 is 0 Å². The number of nitrogens with zero attached hydrogens (tertiary/aromatic N) is 1. The summed E-state index contributed by atoms with van der Waals surface area (Å²) in [5.74, 6) is 0.445. The lowest BCUT2D eigenvalue weighted by molar-refractivity contribution is 0.214. The number of rotatable bonds is 0. The topological polar surface area (TPSA) is 12.5 Å². The van der Waals surface area contributed by atoms with Gasteiger partial charge in [-0.2, -0.15) is 0 Å². The molecule has 1 aliphatic rings. The fourth-order valence-electron chi connectivity index (χ4n) is 1.78. The summed E-state index contributed by atoms with van der Waals surface area (Å²) >= 11 is 0. The third-order valence-electron chi connectivity index (χ3n) is 2.51. The van der Waals surface area contributed by atoms with Crippen molar-refractivity contribution in [2.24, 2.45) is 0 Å². The molecule has 0 saturated heterocycles. The van der Waals surface area contributed by atoms with Crippen LogP contribution in [0.5, 0.6) is 5.75 Å². The molecule has 0 N–H and O–H groups in total. The number of hydrogen-bond acceptors (Lipinski definition) is 2. The fraction of sp³-hybridized carbons (Fsp3) is 0.455. The first kappa shape index (κ1) is 9.31. The third kappa shape index (κ3) is 1.43. The van der Waals surface area contributed by atoms with Gasteiger partial charge < -0.3 is 9.64 Å². The molecule has 2 nitrogen and oxygen atoms in total. The van der Waals surface area contributed by atoms with E-state index in [0.29, 0.717) is 11.3 Å². The molecule has 0 amide bonds. The minimum atomic E-state index is -0.203. The summed E-state index contributed by atoms with van der Waals surface area (Å²) in [5, 5.41) is 0. The van der Waals surface area contributed by atoms with Gasteiger partial charge in [0, 0.05) is 13.1 Å². The molecular weight excluding hydrogens is 181 g/mol. The quantitative estimate of drug-likeness (QED) is 0.630. The molecule has 1 heterocycles. The van der Waals surface area contributed by atoms with Gasteiger partial charge in [0.15, 0.2) is 0 Å². The molecule has 1 atom stereocenters. The highest BCUT2D eigenvalue weighted by Crippen LogP contribution is 2.34. The van der Waals surface area contributed by atoms with Crippen LogP contribution in [0.3, 0.4) is 0 Å². The predicted octanol–water partition coefficient (Wildman–Crippen LogP) is 2.35. The van der Waals surface area contributed by atoms with E-state index in [1.165, 1.54) is 6.07 Å². The lowest BCUT2D eigenvalue weighted by atomic mass is 10.1. The molecule has 2 rings (SSSR count). The molecule has 0 aliphatic carbocycles. The van der Waals surface area contributed by atoms with E-state index < -0.39 is 0 Å². The Kier molecular flexibility index (Phi) is 2.10. The molecule has 0 fully saturated rings. The lowest BCUT2D eigenvalue weighted by Crippen LogP contribution is -2.35. The van der Waals surface area contributed by atoms with Gasteiger partial charge in [0.1, 0.15) is 17.7 Å². The van der Waals surface area contributed by atoms with E-state index in [1.807, 2.05) is 20.0 Å². The molecule has 76 valence electrons. The van der Waals surface area contributed by atoms with Gasteiger partial charge in [0.2, 0.25) is 0 Å². The van der Waals surface area contributed by atoms with Crippen molar-refractivity contribution in [3.8, 4) is 5.75 Å². The van der Waals surface area contributed by atoms with Crippen LogP contribution in [0.1, 0.15) is 12.5 Å². The van der Waals surface area contributed by atoms with Crippen LogP contribution in [-0.4, -0.2) is 19.7 Å². The van der Waals surface area contributed by atoms with Crippen LogP contribution in [0.2, 0.25) is 0 Å². The maximum absolute atomic E-state index is 13.3. The third-order valence-corrected chi connectivity index (χ3v) is 2.51. The van der Waals surface area contributed by atoms with E-state index in [4.69, 9.17) is 4.74 Å². The largest absolute Gasteiger partial charge is 0.487 e. The summed E-state index contributed by atoms with van der Waals surface area (Å²) in [7, 11) is 2.00. The van der Waals surface area contributed by atoms with Crippen molar-refractivity contribution in [3.63, 3.8) is 0 Å². The molecule has 0 bridgehead atoms. The Morgan fingerprint density at radius 3 is 2.93 bits per heavy atom. The summed E-state index contributed by atoms with van der Waals surface area (Å²) in [5.41, 5.74) is 1.63. The monoisotopic (exact) mass is 195 g/mol. The number of halogens is 1. The Balaban J connectivity index is 2.49. The molecule has 14 heavy (non-hydrogen) atoms. The maximum atomic E-state index is 13.3. The number of hydrogen-bond donors (Lipinski definition) is 0. The minimum absolute atomic E-state index is 0.120. The van der Waals surface area contributed by atoms with Crippen molar-refractivity contribution in [1.82, 2.24) is 0 Å². The molecule has 1 aromatic carbocycles. The second-order valence-corrected chi connectivity index (χ2v) is 3.88. The van der Waals surface area contributed by atoms with Gasteiger partial charge in [0.05, 0.1) is 12.2 Å². The van der Waals surface area contributed by atoms with E-state index >= 15 is 0 Å². The van der Waals surface area contributed by atoms with Crippen LogP contribution in [0.15, 0.2) is 12.1 Å². The van der Waals surface area contributed by atoms with Crippen LogP contribution in [0, 0.1) is 12.7 Å². The smallest absolute Gasteiger partial charge is 0.146 e. The molecule has 1 aliphatic heterocycles. The Labute approximate surface area is 83.3 Å². The van der Waals surface area contributed by atoms with Gasteiger partial charge in [-0.25, -0.2) is 4.39 Å². The molecule has 0 aromatic heterocycles. The van der Waals surface area contributed by atoms with Crippen molar-refractivity contribution in [2.75, 3.05) is 18.5 Å². The Bertz CT molecular complexity index is 365. The van der Waals surface area contributed by atoms with Gasteiger partial charge in [-0.05, 0) is 25.5 Å². The molecule has 0 saturated carbocycles. The van der Waals surface area contributed by atoms with Crippen molar-refractivity contribution in [2.45, 2.75) is 20.0 Å². The molecule has 3 heteroatoms. The molecule has 0 radical (unpaired) electrons. The number of aryl methyl sites for hydroxylation is 1. The number of anilines is 1. The maximum Gasteiger partial charge on any atom is 0.146 e. The molecule has 1 aromatic rings. The summed E-state index contributed by atoms with van der Waals surface area (Å²) < 4.78 is 18.8. The second kappa shape index (κ2) is 3.15. The number of ether oxygens (including phenoxy) is 1. The van der Waals surface area contributed by atoms with E-state index in [-0.39, 0.29) is 11.9 Å². The number of fused-ring (bicyclic) bond motifs is 1. The Morgan fingerprint density at radius 2 is 2.21 bits per heavy atom. The van der Waals surface area contributed by atoms with Crippen LogP contribution >= 0.6 is 0 Å². The van der Waals surface area contributed by atoms with Gasteiger partial charge in [-0.15, -0.1) is 0 Å². The first-order valence-electron chi connectivity index (χ1n) is 4.76. The standard InChI is InChI=1S/C11H14FNO/c1-7-4-10-11(5-9(7)12)14-8(2)6-13(10)3/h4-5,8H,6H2,1-3H3. The van der Waals surface area contributed by atoms with Crippen molar-refractivity contribution in [3.05, 3.63) is 23.5 Å². The summed E-state index contributed by atoms with van der Waals surface area (Å²) in [6.45, 7) is 4.59. The SMILES string of the molecule is Cc1cc2c(cc1F)OC(C)CN2C. The van der Waals surface area contributed by atoms with Crippen molar-refractivity contribution in [1.29, 1.82) is 0 Å². The van der Waals surface area contributed by atoms with E-state index in [2.05, 4.69) is 4.90 Å². The highest BCUT2D eigenvalue weighted by atomic mass is 19.1. The summed E-state index contributed by atoms with van der Waals surface area (Å²) in [6, 6.07) is 3.30. The number of benzene rings is 1. The zero-order chi connectivity index (χ0) is 10.3. The van der Waals surface area contributed by atoms with Gasteiger partial charge in [0.25, 0.3) is 0 Å². The highest BCUT2D eigenvalue weighted by Gasteiger charge is 2.21. The Morgan fingerprint density at radius 1 is 1.50 bits per heavy atom. The zero-order valence-electron chi connectivity index (χ0n) is 8.67. The van der Waals surface area contributed by atoms with E-state index in [0.717, 1.165) is 12.2 Å².